The zero-order chi connectivity index (χ0) is 9.78. The van der Waals surface area contributed by atoms with Crippen LogP contribution in [-0.2, 0) is 0 Å². The molecule has 72 valence electrons. The van der Waals surface area contributed by atoms with Gasteiger partial charge in [-0.1, -0.05) is 38.3 Å². The van der Waals surface area contributed by atoms with Gasteiger partial charge >= 0.3 is 0 Å². The normalized spacial score (nSPS) is 18.2. The van der Waals surface area contributed by atoms with Crippen molar-refractivity contribution in [2.24, 2.45) is 5.92 Å². The summed E-state index contributed by atoms with van der Waals surface area (Å²) in [7, 11) is -1.02. The highest BCUT2D eigenvalue weighted by molar-refractivity contribution is 6.80. The van der Waals surface area contributed by atoms with E-state index >= 15 is 0 Å². The first-order valence-corrected chi connectivity index (χ1v) is 8.26. The lowest BCUT2D eigenvalue weighted by molar-refractivity contribution is 0.136. The van der Waals surface area contributed by atoms with Crippen LogP contribution in [0, 0.1) is 5.92 Å². The van der Waals surface area contributed by atoms with Crippen LogP contribution in [0.2, 0.25) is 19.6 Å². The van der Waals surface area contributed by atoms with Gasteiger partial charge in [0.2, 0.25) is 0 Å². The van der Waals surface area contributed by atoms with Gasteiger partial charge in [0, 0.05) is 0 Å². The molecular formula is C10H22OSi. The van der Waals surface area contributed by atoms with Crippen LogP contribution in [0.25, 0.3) is 0 Å². The second kappa shape index (κ2) is 4.82. The molecule has 0 unspecified atom stereocenters. The van der Waals surface area contributed by atoms with Gasteiger partial charge in [-0.05, 0) is 19.3 Å². The lowest BCUT2D eigenvalue weighted by Crippen LogP contribution is -2.16. The molecule has 12 heavy (non-hydrogen) atoms. The zero-order valence-corrected chi connectivity index (χ0v) is 9.96. The third kappa shape index (κ3) is 6.62. The lowest BCUT2D eigenvalue weighted by Gasteiger charge is -2.13. The summed E-state index contributed by atoms with van der Waals surface area (Å²) in [6.45, 7) is 10.9. The lowest BCUT2D eigenvalue weighted by atomic mass is 10.0. The molecule has 0 aromatic carbocycles. The second-order valence-electron chi connectivity index (χ2n) is 4.72. The molecule has 0 spiro atoms. The molecule has 1 nitrogen and oxygen atoms in total. The summed E-state index contributed by atoms with van der Waals surface area (Å²) >= 11 is 0. The van der Waals surface area contributed by atoms with Gasteiger partial charge in [-0.2, -0.15) is 0 Å². The van der Waals surface area contributed by atoms with E-state index < -0.39 is 8.07 Å². The Kier molecular flexibility index (Phi) is 4.79. The Hall–Kier alpha value is -0.0831. The minimum atomic E-state index is -1.02. The minimum absolute atomic E-state index is 0.184. The summed E-state index contributed by atoms with van der Waals surface area (Å²) < 4.78 is 0. The van der Waals surface area contributed by atoms with Crippen LogP contribution in [0.15, 0.2) is 11.8 Å². The Labute approximate surface area is 77.5 Å². The topological polar surface area (TPSA) is 20.2 Å². The molecule has 0 heterocycles. The molecule has 0 saturated carbocycles. The number of aliphatic hydroxyl groups excluding tert-OH is 1. The number of hydrogen-bond acceptors (Lipinski definition) is 1. The van der Waals surface area contributed by atoms with Crippen molar-refractivity contribution >= 4 is 8.07 Å². The van der Waals surface area contributed by atoms with Crippen molar-refractivity contribution in [3.63, 3.8) is 0 Å². The molecular weight excluding hydrogens is 164 g/mol. The molecule has 0 bridgehead atoms. The molecule has 0 aromatic heterocycles. The van der Waals surface area contributed by atoms with Crippen LogP contribution in [0.3, 0.4) is 0 Å². The van der Waals surface area contributed by atoms with Gasteiger partial charge in [-0.15, -0.1) is 0 Å². The molecule has 1 N–H and O–H groups in total. The second-order valence-corrected chi connectivity index (χ2v) is 9.79. The van der Waals surface area contributed by atoms with E-state index in [0.717, 1.165) is 6.42 Å². The van der Waals surface area contributed by atoms with Crippen LogP contribution in [0.1, 0.15) is 20.3 Å². The first-order chi connectivity index (χ1) is 5.33. The SMILES string of the molecule is C[C@@H](O)[C@@H](C)C/C=C/[Si](C)(C)C. The summed E-state index contributed by atoms with van der Waals surface area (Å²) in [5, 5.41) is 9.23. The highest BCUT2D eigenvalue weighted by atomic mass is 28.3. The predicted octanol–water partition coefficient (Wildman–Crippen LogP) is 2.83. The maximum Gasteiger partial charge on any atom is 0.0682 e. The molecule has 0 aliphatic carbocycles. The van der Waals surface area contributed by atoms with E-state index in [1.165, 1.54) is 0 Å². The van der Waals surface area contributed by atoms with Crippen molar-refractivity contribution in [2.75, 3.05) is 0 Å². The van der Waals surface area contributed by atoms with Gasteiger partial charge in [0.05, 0.1) is 14.2 Å². The molecule has 0 radical (unpaired) electrons. The largest absolute Gasteiger partial charge is 0.393 e. The third-order valence-corrected chi connectivity index (χ3v) is 3.18. The van der Waals surface area contributed by atoms with Gasteiger partial charge in [0.1, 0.15) is 0 Å². The molecule has 0 aromatic rings. The van der Waals surface area contributed by atoms with E-state index in [4.69, 9.17) is 0 Å². The van der Waals surface area contributed by atoms with Crippen LogP contribution in [0.5, 0.6) is 0 Å². The minimum Gasteiger partial charge on any atom is -0.393 e. The van der Waals surface area contributed by atoms with E-state index in [2.05, 4.69) is 38.3 Å². The van der Waals surface area contributed by atoms with Crippen molar-refractivity contribution in [2.45, 2.75) is 46.0 Å². The van der Waals surface area contributed by atoms with Crippen LogP contribution >= 0.6 is 0 Å². The Morgan fingerprint density at radius 1 is 1.25 bits per heavy atom. The Bertz CT molecular complexity index is 144. The molecule has 0 amide bonds. The molecule has 0 fully saturated rings. The number of allylic oxidation sites excluding steroid dienone is 1. The fourth-order valence-corrected chi connectivity index (χ4v) is 1.68. The predicted molar refractivity (Wildman–Crippen MR) is 57.9 cm³/mol. The number of aliphatic hydroxyl groups is 1. The zero-order valence-electron chi connectivity index (χ0n) is 8.96. The van der Waals surface area contributed by atoms with Gasteiger partial charge in [-0.25, -0.2) is 0 Å². The maximum atomic E-state index is 9.23. The summed E-state index contributed by atoms with van der Waals surface area (Å²) in [6, 6.07) is 0. The van der Waals surface area contributed by atoms with Crippen molar-refractivity contribution in [3.8, 4) is 0 Å². The van der Waals surface area contributed by atoms with E-state index in [0.29, 0.717) is 5.92 Å². The average molecular weight is 186 g/mol. The summed E-state index contributed by atoms with van der Waals surface area (Å²) in [6.07, 6.45) is 3.04. The quantitative estimate of drug-likeness (QED) is 0.669. The Balaban J connectivity index is 3.75. The van der Waals surface area contributed by atoms with Crippen molar-refractivity contribution < 1.29 is 5.11 Å². The van der Waals surface area contributed by atoms with Gasteiger partial charge in [-0.3, -0.25) is 0 Å². The van der Waals surface area contributed by atoms with Crippen LogP contribution in [0.4, 0.5) is 0 Å². The third-order valence-electron chi connectivity index (χ3n) is 1.95. The van der Waals surface area contributed by atoms with Crippen molar-refractivity contribution in [1.82, 2.24) is 0 Å². The molecule has 0 aliphatic rings. The molecule has 0 saturated heterocycles. The van der Waals surface area contributed by atoms with E-state index in [1.807, 2.05) is 6.92 Å². The van der Waals surface area contributed by atoms with E-state index in [-0.39, 0.29) is 6.10 Å². The van der Waals surface area contributed by atoms with Crippen molar-refractivity contribution in [1.29, 1.82) is 0 Å². The molecule has 2 atom stereocenters. The fourth-order valence-electron chi connectivity index (χ4n) is 0.833. The maximum absolute atomic E-state index is 9.23. The number of hydrogen-bond donors (Lipinski definition) is 1. The monoisotopic (exact) mass is 186 g/mol. The average Bonchev–Trinajstić information content (AvgIpc) is 1.84. The van der Waals surface area contributed by atoms with E-state index in [9.17, 15) is 5.11 Å². The molecule has 2 heteroatoms. The van der Waals surface area contributed by atoms with Crippen LogP contribution < -0.4 is 0 Å². The standard InChI is InChI=1S/C10H22OSi/c1-9(10(2)11)7-6-8-12(3,4)5/h6,8-11H,7H2,1-5H3/b8-6+/t9-,10+/m0/s1. The van der Waals surface area contributed by atoms with E-state index in [1.54, 1.807) is 0 Å². The highest BCUT2D eigenvalue weighted by Gasteiger charge is 2.09. The molecule has 0 aliphatic heterocycles. The first kappa shape index (κ1) is 11.9. The summed E-state index contributed by atoms with van der Waals surface area (Å²) in [5.41, 5.74) is 2.34. The van der Waals surface area contributed by atoms with Crippen LogP contribution in [-0.4, -0.2) is 19.3 Å². The van der Waals surface area contributed by atoms with Gasteiger partial charge in [0.15, 0.2) is 0 Å². The van der Waals surface area contributed by atoms with Crippen molar-refractivity contribution in [3.05, 3.63) is 11.8 Å². The Morgan fingerprint density at radius 2 is 1.75 bits per heavy atom. The molecule has 0 rings (SSSR count). The number of rotatable bonds is 4. The summed E-state index contributed by atoms with van der Waals surface area (Å²) in [5.74, 6) is 0.387. The fraction of sp³-hybridized carbons (Fsp3) is 0.800. The summed E-state index contributed by atoms with van der Waals surface area (Å²) in [4.78, 5) is 0. The smallest absolute Gasteiger partial charge is 0.0682 e. The van der Waals surface area contributed by atoms with Gasteiger partial charge in [0.25, 0.3) is 0 Å². The Morgan fingerprint density at radius 3 is 2.08 bits per heavy atom. The first-order valence-electron chi connectivity index (χ1n) is 4.68. The highest BCUT2D eigenvalue weighted by Crippen LogP contribution is 2.10. The van der Waals surface area contributed by atoms with Gasteiger partial charge < -0.3 is 5.11 Å².